The molecule has 7 N–H and O–H groups in total. The average Bonchev–Trinajstić information content (AvgIpc) is 3.30. The molecule has 0 aromatic carbocycles. The molecule has 4 aliphatic carbocycles. The van der Waals surface area contributed by atoms with Crippen molar-refractivity contribution in [3.8, 4) is 0 Å². The van der Waals surface area contributed by atoms with Crippen molar-refractivity contribution in [1.29, 1.82) is 0 Å². The van der Waals surface area contributed by atoms with Crippen molar-refractivity contribution in [3.63, 3.8) is 0 Å². The molecule has 10 atom stereocenters. The zero-order valence-corrected chi connectivity index (χ0v) is 26.6. The van der Waals surface area contributed by atoms with Gasteiger partial charge in [-0.05, 0) is 163 Å². The minimum Gasteiger partial charge on any atom is -0.393 e. The highest BCUT2D eigenvalue weighted by atomic mass is 16.3. The van der Waals surface area contributed by atoms with E-state index in [0.717, 1.165) is 84.2 Å². The Bertz CT molecular complexity index is 813. The maximum absolute atomic E-state index is 12.6. The molecule has 0 heterocycles. The molecule has 7 nitrogen and oxygen atoms in total. The molecular formula is C34H64N4O3. The van der Waals surface area contributed by atoms with Gasteiger partial charge in [0.05, 0.1) is 12.2 Å². The summed E-state index contributed by atoms with van der Waals surface area (Å²) in [5, 5.41) is 31.9. The lowest BCUT2D eigenvalue weighted by atomic mass is 9.43. The van der Waals surface area contributed by atoms with Crippen molar-refractivity contribution in [2.75, 3.05) is 39.3 Å². The fourth-order valence-electron chi connectivity index (χ4n) is 10.2. The summed E-state index contributed by atoms with van der Waals surface area (Å²) in [6.07, 6.45) is 14.3. The van der Waals surface area contributed by atoms with Crippen molar-refractivity contribution in [2.24, 2.45) is 52.1 Å². The first-order valence-corrected chi connectivity index (χ1v) is 17.4. The van der Waals surface area contributed by atoms with Crippen LogP contribution in [0.1, 0.15) is 111 Å². The molecule has 0 aliphatic heterocycles. The van der Waals surface area contributed by atoms with Gasteiger partial charge in [0.15, 0.2) is 0 Å². The second-order valence-electron chi connectivity index (χ2n) is 15.0. The number of carbonyl (C=O) groups is 1. The Hall–Kier alpha value is -0.730. The lowest BCUT2D eigenvalue weighted by molar-refractivity contribution is -0.174. The summed E-state index contributed by atoms with van der Waals surface area (Å²) in [4.78, 5) is 12.6. The quantitative estimate of drug-likeness (QED) is 0.153. The number of carbonyl (C=O) groups excluding carboxylic acids is 1. The van der Waals surface area contributed by atoms with Gasteiger partial charge in [-0.3, -0.25) is 4.79 Å². The summed E-state index contributed by atoms with van der Waals surface area (Å²) in [6.45, 7) is 13.0. The van der Waals surface area contributed by atoms with Crippen LogP contribution in [0.5, 0.6) is 0 Å². The molecule has 7 heteroatoms. The van der Waals surface area contributed by atoms with Gasteiger partial charge in [-0.15, -0.1) is 0 Å². The number of aliphatic hydroxyl groups is 2. The SMILES string of the molecule is C[C@H](CCC(=O)NCCCNCCCCNCCCN)[C@H]1CCC2C3C(O)C[C@@H]4C[C@H](O)CC[C@]4(C)C3CC[C@@]21C. The van der Waals surface area contributed by atoms with Crippen LogP contribution in [0.3, 0.4) is 0 Å². The fraction of sp³-hybridized carbons (Fsp3) is 0.971. The number of fused-ring (bicyclic) bond motifs is 5. The summed E-state index contributed by atoms with van der Waals surface area (Å²) in [5.41, 5.74) is 6.07. The monoisotopic (exact) mass is 576 g/mol. The third kappa shape index (κ3) is 7.87. The van der Waals surface area contributed by atoms with Gasteiger partial charge in [-0.1, -0.05) is 20.8 Å². The van der Waals surface area contributed by atoms with E-state index in [2.05, 4.69) is 36.7 Å². The number of rotatable bonds is 16. The predicted molar refractivity (Wildman–Crippen MR) is 167 cm³/mol. The number of hydrogen-bond acceptors (Lipinski definition) is 6. The average molecular weight is 577 g/mol. The van der Waals surface area contributed by atoms with Crippen LogP contribution in [-0.2, 0) is 4.79 Å². The number of hydrogen-bond donors (Lipinski definition) is 6. The van der Waals surface area contributed by atoms with Gasteiger partial charge >= 0.3 is 0 Å². The molecule has 4 fully saturated rings. The van der Waals surface area contributed by atoms with E-state index in [1.54, 1.807) is 0 Å². The van der Waals surface area contributed by atoms with E-state index in [-0.39, 0.29) is 28.9 Å². The van der Waals surface area contributed by atoms with Crippen LogP contribution in [0.25, 0.3) is 0 Å². The number of unbranched alkanes of at least 4 members (excludes halogenated alkanes) is 1. The number of nitrogens with one attached hydrogen (secondary N) is 3. The third-order valence-electron chi connectivity index (χ3n) is 12.6. The lowest BCUT2D eigenvalue weighted by Crippen LogP contribution is -2.58. The second-order valence-corrected chi connectivity index (χ2v) is 15.0. The van der Waals surface area contributed by atoms with Gasteiger partial charge in [-0.2, -0.15) is 0 Å². The number of amides is 1. The van der Waals surface area contributed by atoms with Crippen molar-refractivity contribution in [3.05, 3.63) is 0 Å². The van der Waals surface area contributed by atoms with E-state index in [9.17, 15) is 15.0 Å². The van der Waals surface area contributed by atoms with Crippen molar-refractivity contribution < 1.29 is 15.0 Å². The Balaban J connectivity index is 1.14. The minimum absolute atomic E-state index is 0.175. The zero-order valence-electron chi connectivity index (χ0n) is 26.6. The van der Waals surface area contributed by atoms with Crippen LogP contribution in [-0.4, -0.2) is 67.6 Å². The van der Waals surface area contributed by atoms with E-state index in [1.807, 2.05) is 0 Å². The molecule has 238 valence electrons. The van der Waals surface area contributed by atoms with Gasteiger partial charge < -0.3 is 31.9 Å². The first-order chi connectivity index (χ1) is 19.7. The largest absolute Gasteiger partial charge is 0.393 e. The lowest BCUT2D eigenvalue weighted by Gasteiger charge is -2.62. The van der Waals surface area contributed by atoms with Crippen molar-refractivity contribution in [1.82, 2.24) is 16.0 Å². The van der Waals surface area contributed by atoms with E-state index in [0.29, 0.717) is 41.9 Å². The molecule has 41 heavy (non-hydrogen) atoms. The highest BCUT2D eigenvalue weighted by Gasteiger charge is 2.62. The summed E-state index contributed by atoms with van der Waals surface area (Å²) in [7, 11) is 0. The fourth-order valence-corrected chi connectivity index (χ4v) is 10.2. The molecule has 0 aromatic heterocycles. The van der Waals surface area contributed by atoms with Crippen LogP contribution < -0.4 is 21.7 Å². The van der Waals surface area contributed by atoms with Crippen LogP contribution in [0.15, 0.2) is 0 Å². The second kappa shape index (κ2) is 15.3. The van der Waals surface area contributed by atoms with Crippen molar-refractivity contribution in [2.45, 2.75) is 123 Å². The predicted octanol–water partition coefficient (Wildman–Crippen LogP) is 4.21. The Morgan fingerprint density at radius 1 is 0.854 bits per heavy atom. The van der Waals surface area contributed by atoms with E-state index in [1.165, 1.54) is 38.5 Å². The van der Waals surface area contributed by atoms with E-state index >= 15 is 0 Å². The topological polar surface area (TPSA) is 120 Å². The molecule has 0 aromatic rings. The maximum atomic E-state index is 12.6. The van der Waals surface area contributed by atoms with Gasteiger partial charge in [0.25, 0.3) is 0 Å². The van der Waals surface area contributed by atoms with Crippen LogP contribution >= 0.6 is 0 Å². The molecule has 0 saturated heterocycles. The van der Waals surface area contributed by atoms with Gasteiger partial charge in [0.1, 0.15) is 0 Å². The van der Waals surface area contributed by atoms with Crippen LogP contribution in [0.4, 0.5) is 0 Å². The van der Waals surface area contributed by atoms with Gasteiger partial charge in [0.2, 0.25) is 5.91 Å². The summed E-state index contributed by atoms with van der Waals surface area (Å²) >= 11 is 0. The Morgan fingerprint density at radius 3 is 2.24 bits per heavy atom. The maximum Gasteiger partial charge on any atom is 0.220 e. The van der Waals surface area contributed by atoms with Crippen LogP contribution in [0, 0.1) is 46.3 Å². The molecule has 4 rings (SSSR count). The Kier molecular flexibility index (Phi) is 12.4. The molecule has 4 aliphatic rings. The molecule has 1 amide bonds. The zero-order chi connectivity index (χ0) is 29.5. The van der Waals surface area contributed by atoms with E-state index in [4.69, 9.17) is 5.73 Å². The Labute approximate surface area is 250 Å². The number of aliphatic hydroxyl groups excluding tert-OH is 2. The summed E-state index contributed by atoms with van der Waals surface area (Å²) < 4.78 is 0. The molecule has 4 saturated carbocycles. The highest BCUT2D eigenvalue weighted by molar-refractivity contribution is 5.75. The first kappa shape index (κ1) is 33.2. The van der Waals surface area contributed by atoms with E-state index < -0.39 is 0 Å². The third-order valence-corrected chi connectivity index (χ3v) is 12.6. The smallest absolute Gasteiger partial charge is 0.220 e. The standard InChI is InChI=1S/C34H64N4O3/c1-24(8-11-31(41)38-21-7-20-37-18-5-4-17-36-19-6-16-35)27-9-10-28-32-29(13-15-34(27,28)3)33(2)14-12-26(39)22-25(33)23-30(32)40/h24-30,32,36-37,39-40H,4-23,35H2,1-3H3,(H,38,41)/t24-,25+,26-,27-,28?,29?,30?,32?,33+,34-/m1/s1. The van der Waals surface area contributed by atoms with Gasteiger partial charge in [0, 0.05) is 13.0 Å². The molecule has 4 unspecified atom stereocenters. The van der Waals surface area contributed by atoms with Crippen LogP contribution in [0.2, 0.25) is 0 Å². The van der Waals surface area contributed by atoms with Crippen molar-refractivity contribution >= 4 is 5.91 Å². The molecule has 0 spiro atoms. The first-order valence-electron chi connectivity index (χ1n) is 17.4. The summed E-state index contributed by atoms with van der Waals surface area (Å²) in [5.74, 6) is 3.46. The molecular weight excluding hydrogens is 512 g/mol. The molecule has 0 bridgehead atoms. The normalized spacial score (nSPS) is 39.0. The highest BCUT2D eigenvalue weighted by Crippen LogP contribution is 2.68. The minimum atomic E-state index is -0.217. The number of nitrogens with two attached hydrogens (primary N) is 1. The summed E-state index contributed by atoms with van der Waals surface area (Å²) in [6, 6.07) is 0. The van der Waals surface area contributed by atoms with Gasteiger partial charge in [-0.25, -0.2) is 0 Å². The Morgan fingerprint density at radius 2 is 1.51 bits per heavy atom. The molecule has 0 radical (unpaired) electrons.